The van der Waals surface area contributed by atoms with E-state index < -0.39 is 0 Å². The van der Waals surface area contributed by atoms with Crippen LogP contribution in [0.4, 0.5) is 0 Å². The van der Waals surface area contributed by atoms with E-state index in [4.69, 9.17) is 0 Å². The number of hydrogen-bond donors (Lipinski definition) is 0. The molecule has 0 heterocycles. The van der Waals surface area contributed by atoms with Gasteiger partial charge in [-0.05, 0) is 29.2 Å². The SMILES string of the molecule is CC(C)=C(C)/C(C)=C(\C)C([C-](C)C)=[Si](C)C.[Cl-].[Cl-].[NH2-].[Ti+4]. The molecule has 0 fully saturated rings. The molecule has 0 aliphatic rings. The second kappa shape index (κ2) is 14.6. The van der Waals surface area contributed by atoms with Gasteiger partial charge >= 0.3 is 21.7 Å². The van der Waals surface area contributed by atoms with Gasteiger partial charge in [-0.3, -0.25) is 0 Å². The molecule has 0 amide bonds. The van der Waals surface area contributed by atoms with Gasteiger partial charge in [-0.15, -0.1) is 26.3 Å². The third-order valence-electron chi connectivity index (χ3n) is 3.25. The minimum absolute atomic E-state index is 0. The molecule has 0 atom stereocenters. The zero-order valence-electron chi connectivity index (χ0n) is 14.3. The van der Waals surface area contributed by atoms with Crippen LogP contribution in [-0.2, 0) is 21.7 Å². The van der Waals surface area contributed by atoms with Gasteiger partial charge in [0.2, 0.25) is 0 Å². The van der Waals surface area contributed by atoms with Gasteiger partial charge < -0.3 is 31.0 Å². The second-order valence-electron chi connectivity index (χ2n) is 5.25. The Kier molecular flexibility index (Phi) is 23.8. The predicted molar refractivity (Wildman–Crippen MR) is 84.8 cm³/mol. The Hall–Kier alpha value is 0.691. The largest absolute Gasteiger partial charge is 4.00 e. The van der Waals surface area contributed by atoms with Crippen molar-refractivity contribution in [3.8, 4) is 0 Å². The summed E-state index contributed by atoms with van der Waals surface area (Å²) >= 11 is 0. The van der Waals surface area contributed by atoms with E-state index in [0.29, 0.717) is 0 Å². The molecule has 2 N–H and O–H groups in total. The molecule has 0 saturated heterocycles. The molecule has 0 rings (SSSR count). The quantitative estimate of drug-likeness (QED) is 0.366. The van der Waals surface area contributed by atoms with Crippen LogP contribution in [0.2, 0.25) is 13.1 Å². The van der Waals surface area contributed by atoms with Crippen molar-refractivity contribution < 1.29 is 46.5 Å². The third kappa shape index (κ3) is 9.60. The molecule has 0 saturated carbocycles. The molecule has 20 heavy (non-hydrogen) atoms. The van der Waals surface area contributed by atoms with Crippen LogP contribution in [0.1, 0.15) is 48.5 Å². The summed E-state index contributed by atoms with van der Waals surface area (Å²) in [6.07, 6.45) is 0. The molecule has 0 aliphatic heterocycles. The first-order valence-corrected chi connectivity index (χ1v) is 8.50. The van der Waals surface area contributed by atoms with Gasteiger partial charge in [0.1, 0.15) is 0 Å². The van der Waals surface area contributed by atoms with E-state index in [-0.39, 0.29) is 61.1 Å². The van der Waals surface area contributed by atoms with Gasteiger partial charge in [-0.2, -0.15) is 5.57 Å². The summed E-state index contributed by atoms with van der Waals surface area (Å²) in [5.41, 5.74) is 5.82. The van der Waals surface area contributed by atoms with Gasteiger partial charge in [0.25, 0.3) is 0 Å². The number of rotatable bonds is 3. The number of hydrogen-bond acceptors (Lipinski definition) is 0. The molecule has 0 aliphatic carbocycles. The third-order valence-corrected chi connectivity index (χ3v) is 5.12. The van der Waals surface area contributed by atoms with Crippen LogP contribution in [0.15, 0.2) is 22.3 Å². The van der Waals surface area contributed by atoms with Crippen molar-refractivity contribution in [2.75, 3.05) is 0 Å². The number of allylic oxidation sites excluding steroid dienone is 4. The summed E-state index contributed by atoms with van der Waals surface area (Å²) in [4.78, 5) is 0. The van der Waals surface area contributed by atoms with Gasteiger partial charge in [-0.1, -0.05) is 31.2 Å². The van der Waals surface area contributed by atoms with Crippen molar-refractivity contribution in [2.24, 2.45) is 0 Å². The van der Waals surface area contributed by atoms with E-state index in [9.17, 15) is 0 Å². The first-order valence-electron chi connectivity index (χ1n) is 6.00. The Morgan fingerprint density at radius 1 is 0.750 bits per heavy atom. The van der Waals surface area contributed by atoms with Crippen LogP contribution < -0.4 is 24.8 Å². The molecule has 0 bridgehead atoms. The molecule has 5 heteroatoms. The van der Waals surface area contributed by atoms with Crippen molar-refractivity contribution >= 4 is 13.6 Å². The minimum Gasteiger partial charge on any atom is -1.00 e. The van der Waals surface area contributed by atoms with Crippen LogP contribution in [0.3, 0.4) is 0 Å². The fraction of sp³-hybridized carbons (Fsp3) is 0.600. The zero-order chi connectivity index (χ0) is 13.0. The van der Waals surface area contributed by atoms with Crippen LogP contribution in [0, 0.1) is 5.92 Å². The maximum atomic E-state index is 2.38. The maximum absolute atomic E-state index is 2.38. The monoisotopic (exact) mass is 369 g/mol. The Balaban J connectivity index is -0.000000187. The number of halogens is 2. The van der Waals surface area contributed by atoms with Gasteiger partial charge in [-0.25, -0.2) is 11.1 Å². The van der Waals surface area contributed by atoms with Gasteiger partial charge in [0.05, 0.1) is 0 Å². The Bertz CT molecular complexity index is 364. The van der Waals surface area contributed by atoms with E-state index in [1.54, 1.807) is 5.17 Å². The van der Waals surface area contributed by atoms with Crippen molar-refractivity contribution in [1.29, 1.82) is 0 Å². The van der Waals surface area contributed by atoms with Crippen molar-refractivity contribution in [3.05, 3.63) is 34.4 Å². The summed E-state index contributed by atoms with van der Waals surface area (Å²) in [7, 11) is -0.375. The van der Waals surface area contributed by atoms with Crippen LogP contribution in [0.25, 0.3) is 6.15 Å². The zero-order valence-corrected chi connectivity index (χ0v) is 18.4. The van der Waals surface area contributed by atoms with Crippen LogP contribution in [0.5, 0.6) is 0 Å². The molecule has 0 aromatic heterocycles. The maximum Gasteiger partial charge on any atom is 4.00 e. The molecule has 0 aromatic rings. The smallest absolute Gasteiger partial charge is 1.00 e. The van der Waals surface area contributed by atoms with Crippen molar-refractivity contribution in [1.82, 2.24) is 0 Å². The van der Waals surface area contributed by atoms with Gasteiger partial charge in [0, 0.05) is 0 Å². The summed E-state index contributed by atoms with van der Waals surface area (Å²) < 4.78 is 0. The molecule has 116 valence electrons. The fourth-order valence-corrected chi connectivity index (χ4v) is 4.03. The molecule has 0 radical (unpaired) electrons. The van der Waals surface area contributed by atoms with Gasteiger partial charge in [0.15, 0.2) is 0 Å². The summed E-state index contributed by atoms with van der Waals surface area (Å²) in [5, 5.41) is 1.61. The van der Waals surface area contributed by atoms with Crippen LogP contribution in [-0.4, -0.2) is 13.6 Å². The van der Waals surface area contributed by atoms with E-state index in [2.05, 4.69) is 61.6 Å². The predicted octanol–water partition coefficient (Wildman–Crippen LogP) is -0.476. The Morgan fingerprint density at radius 2 is 1.10 bits per heavy atom. The molecule has 0 spiro atoms. The Morgan fingerprint density at radius 3 is 1.30 bits per heavy atom. The van der Waals surface area contributed by atoms with Crippen molar-refractivity contribution in [2.45, 2.75) is 61.6 Å². The first kappa shape index (κ1) is 32.6. The molecular weight excluding hydrogens is 341 g/mol. The minimum atomic E-state index is -0.375. The topological polar surface area (TPSA) is 33.5 Å². The van der Waals surface area contributed by atoms with Crippen molar-refractivity contribution in [3.63, 3.8) is 0 Å². The average Bonchev–Trinajstić information content (AvgIpc) is 2.13. The number of nitrogens with two attached hydrogens (primary N) is 1. The molecule has 0 unspecified atom stereocenters. The second-order valence-corrected chi connectivity index (χ2v) is 7.75. The van der Waals surface area contributed by atoms with Crippen LogP contribution >= 0.6 is 0 Å². The molecule has 0 aromatic carbocycles. The fourth-order valence-electron chi connectivity index (χ4n) is 2.09. The first-order chi connectivity index (χ1) is 7.20. The summed E-state index contributed by atoms with van der Waals surface area (Å²) in [5.74, 6) is 1.48. The van der Waals surface area contributed by atoms with E-state index >= 15 is 0 Å². The van der Waals surface area contributed by atoms with E-state index in [0.717, 1.165) is 0 Å². The average molecular weight is 370 g/mol. The summed E-state index contributed by atoms with van der Waals surface area (Å²) in [6.45, 7) is 20.4. The standard InChI is InChI=1S/C15H27Si.2ClH.H2N.Ti/c1-10(2)12(5)13(6)14(7)15(11(3)4)16(8)9;;;;/h1-9H3;2*1H;1H2;/q-1;;;-1;+4/p-2/b14-13+;;;;. The van der Waals surface area contributed by atoms with E-state index in [1.165, 1.54) is 28.2 Å². The molecular formula is C15H29Cl2NSiTi. The normalized spacial score (nSPS) is 9.45. The molecule has 1 nitrogen and oxygen atoms in total. The van der Waals surface area contributed by atoms with E-state index in [1.807, 2.05) is 0 Å². The Labute approximate surface area is 155 Å². The summed E-state index contributed by atoms with van der Waals surface area (Å²) in [6, 6.07) is 0.